The number of hydrogen-bond donors (Lipinski definition) is 4. The number of nitrogens with one attached hydrogen (secondary N) is 4. The lowest BCUT2D eigenvalue weighted by Gasteiger charge is -2.39. The van der Waals surface area contributed by atoms with E-state index in [0.29, 0.717) is 25.8 Å². The van der Waals surface area contributed by atoms with Crippen molar-refractivity contribution < 1.29 is 32.4 Å². The molecule has 3 fully saturated rings. The Balaban J connectivity index is 1.92. The van der Waals surface area contributed by atoms with Gasteiger partial charge in [-0.1, -0.05) is 79.4 Å². The van der Waals surface area contributed by atoms with Crippen molar-refractivity contribution in [3.63, 3.8) is 0 Å². The second kappa shape index (κ2) is 18.0. The van der Waals surface area contributed by atoms with Gasteiger partial charge in [0.25, 0.3) is 5.91 Å². The lowest BCUT2D eigenvalue weighted by molar-refractivity contribution is -0.144. The molecule has 0 bridgehead atoms. The van der Waals surface area contributed by atoms with E-state index in [4.69, 9.17) is 0 Å². The highest BCUT2D eigenvalue weighted by molar-refractivity contribution is 7.89. The number of amides is 5. The Morgan fingerprint density at radius 3 is 2.12 bits per heavy atom. The second-order valence-electron chi connectivity index (χ2n) is 16.0. The van der Waals surface area contributed by atoms with Crippen LogP contribution in [-0.2, 0) is 29.2 Å². The van der Waals surface area contributed by atoms with Crippen molar-refractivity contribution in [1.29, 1.82) is 0 Å². The largest absolute Gasteiger partial charge is 0.346 e. The molecule has 0 aromatic heterocycles. The minimum Gasteiger partial charge on any atom is -0.346 e. The Morgan fingerprint density at radius 1 is 0.902 bits per heavy atom. The Bertz CT molecular complexity index is 1400. The first kappa shape index (κ1) is 42.2. The zero-order valence-electron chi connectivity index (χ0n) is 31.6. The van der Waals surface area contributed by atoms with Crippen LogP contribution in [0.3, 0.4) is 0 Å². The Hall–Kier alpha value is -3.26. The van der Waals surface area contributed by atoms with E-state index >= 15 is 0 Å². The number of urea groups is 1. The molecule has 3 rings (SSSR count). The van der Waals surface area contributed by atoms with Gasteiger partial charge in [0.2, 0.25) is 27.6 Å². The number of hydrogen-bond acceptors (Lipinski definition) is 7. The molecule has 0 spiro atoms. The van der Waals surface area contributed by atoms with E-state index < -0.39 is 68.6 Å². The molecule has 1 saturated carbocycles. The van der Waals surface area contributed by atoms with Gasteiger partial charge in [-0.05, 0) is 54.8 Å². The predicted molar refractivity (Wildman–Crippen MR) is 198 cm³/mol. The van der Waals surface area contributed by atoms with E-state index in [1.165, 1.54) is 15.3 Å². The van der Waals surface area contributed by atoms with E-state index in [9.17, 15) is 32.4 Å². The van der Waals surface area contributed by atoms with Gasteiger partial charge in [-0.25, -0.2) is 13.2 Å². The molecule has 0 aromatic rings. The Labute approximate surface area is 305 Å². The standard InChI is InChI=1S/C37H62N6O7S/c1-9-16-27(31(44)33(46)38-20-10-2)39-32(45)30-26(37(7,8)11-3)19-22-43(30)34(47)29(25-17-13-12-14-18-25)41-35(48)40-28(36(4,5)6)24-42-21-15-23-51(42,49)50/h10-11,25-30H,2-3,9,12-24H2,1,4-8H3,(H,38,46)(H,39,45)(H2,40,41,48)/t26-,27?,28+,29-,30-/m0/s1. The quantitative estimate of drug-likeness (QED) is 0.139. The number of carbonyl (C=O) groups is 5. The fourth-order valence-corrected chi connectivity index (χ4v) is 9.06. The first-order valence-electron chi connectivity index (χ1n) is 18.6. The van der Waals surface area contributed by atoms with Gasteiger partial charge in [0.05, 0.1) is 11.8 Å². The molecule has 4 N–H and O–H groups in total. The molecule has 51 heavy (non-hydrogen) atoms. The van der Waals surface area contributed by atoms with Crippen LogP contribution < -0.4 is 21.3 Å². The summed E-state index contributed by atoms with van der Waals surface area (Å²) in [6.07, 6.45) is 9.31. The first-order chi connectivity index (χ1) is 23.9. The van der Waals surface area contributed by atoms with Crippen LogP contribution in [0.25, 0.3) is 0 Å². The number of Topliss-reactive ketones (excluding diaryl/α,β-unsaturated/α-hetero) is 1. The monoisotopic (exact) mass is 734 g/mol. The molecule has 13 nitrogen and oxygen atoms in total. The van der Waals surface area contributed by atoms with Crippen molar-refractivity contribution in [2.24, 2.45) is 22.7 Å². The minimum absolute atomic E-state index is 0.0818. The summed E-state index contributed by atoms with van der Waals surface area (Å²) in [5.41, 5.74) is -1.06. The second-order valence-corrected chi connectivity index (χ2v) is 18.1. The first-order valence-corrected chi connectivity index (χ1v) is 20.2. The number of sulfonamides is 1. The molecule has 0 aromatic carbocycles. The van der Waals surface area contributed by atoms with Gasteiger partial charge < -0.3 is 26.2 Å². The summed E-state index contributed by atoms with van der Waals surface area (Å²) in [6.45, 7) is 20.0. The summed E-state index contributed by atoms with van der Waals surface area (Å²) in [7, 11) is -3.40. The molecule has 1 unspecified atom stereocenters. The third kappa shape index (κ3) is 10.9. The molecular weight excluding hydrogens is 673 g/mol. The lowest BCUT2D eigenvalue weighted by Crippen LogP contribution is -2.61. The van der Waals surface area contributed by atoms with E-state index in [1.807, 2.05) is 41.5 Å². The molecule has 3 aliphatic rings. The van der Waals surface area contributed by atoms with E-state index in [1.54, 1.807) is 6.08 Å². The number of allylic oxidation sites excluding steroid dienone is 1. The van der Waals surface area contributed by atoms with E-state index in [2.05, 4.69) is 34.4 Å². The smallest absolute Gasteiger partial charge is 0.315 e. The number of likely N-dealkylation sites (tertiary alicyclic amines) is 1. The third-order valence-corrected chi connectivity index (χ3v) is 12.8. The molecule has 2 saturated heterocycles. The highest BCUT2D eigenvalue weighted by atomic mass is 32.2. The van der Waals surface area contributed by atoms with Crippen LogP contribution >= 0.6 is 0 Å². The maximum Gasteiger partial charge on any atom is 0.315 e. The summed E-state index contributed by atoms with van der Waals surface area (Å²) < 4.78 is 26.7. The Morgan fingerprint density at radius 2 is 1.57 bits per heavy atom. The van der Waals surface area contributed by atoms with Crippen LogP contribution in [0.15, 0.2) is 25.3 Å². The molecular formula is C37H62N6O7S. The van der Waals surface area contributed by atoms with Crippen molar-refractivity contribution >= 4 is 39.6 Å². The van der Waals surface area contributed by atoms with Gasteiger partial charge in [0.15, 0.2) is 0 Å². The van der Waals surface area contributed by atoms with Crippen molar-refractivity contribution in [2.45, 2.75) is 123 Å². The molecule has 2 heterocycles. The third-order valence-electron chi connectivity index (χ3n) is 10.9. The average molecular weight is 735 g/mol. The summed E-state index contributed by atoms with van der Waals surface area (Å²) in [5, 5.41) is 11.3. The number of carbonyl (C=O) groups excluding carboxylic acids is 5. The summed E-state index contributed by atoms with van der Waals surface area (Å²) in [5.74, 6) is -2.93. The predicted octanol–water partition coefficient (Wildman–Crippen LogP) is 3.27. The zero-order chi connectivity index (χ0) is 38.1. The summed E-state index contributed by atoms with van der Waals surface area (Å²) in [6, 6.07) is -4.10. The van der Waals surface area contributed by atoms with Gasteiger partial charge >= 0.3 is 6.03 Å². The molecule has 5 amide bonds. The lowest BCUT2D eigenvalue weighted by atomic mass is 9.74. The number of nitrogens with zero attached hydrogens (tertiary/aromatic N) is 2. The van der Waals surface area contributed by atoms with Crippen LogP contribution in [0.4, 0.5) is 4.79 Å². The van der Waals surface area contributed by atoms with Crippen molar-refractivity contribution in [3.05, 3.63) is 25.3 Å². The summed E-state index contributed by atoms with van der Waals surface area (Å²) >= 11 is 0. The molecule has 288 valence electrons. The van der Waals surface area contributed by atoms with Gasteiger partial charge in [0, 0.05) is 32.2 Å². The number of rotatable bonds is 16. The number of ketones is 1. The van der Waals surface area contributed by atoms with Crippen LogP contribution in [0.1, 0.15) is 99.3 Å². The molecule has 5 atom stereocenters. The maximum atomic E-state index is 14.7. The van der Waals surface area contributed by atoms with Crippen molar-refractivity contribution in [1.82, 2.24) is 30.5 Å². The maximum absolute atomic E-state index is 14.7. The molecule has 0 radical (unpaired) electrons. The Kier molecular flexibility index (Phi) is 14.9. The van der Waals surface area contributed by atoms with E-state index in [0.717, 1.165) is 32.1 Å². The molecule has 2 aliphatic heterocycles. The highest BCUT2D eigenvalue weighted by Crippen LogP contribution is 2.41. The SMILES string of the molecule is C=CCNC(=O)C(=O)C(CCC)NC(=O)[C@@H]1[C@@H](C(C)(C)C=C)CCN1C(=O)[C@@H](NC(=O)N[C@H](CN1CCCS1(=O)=O)C(C)(C)C)C1CCCCC1. The van der Waals surface area contributed by atoms with Crippen molar-refractivity contribution in [3.8, 4) is 0 Å². The fraction of sp³-hybridized carbons (Fsp3) is 0.757. The fourth-order valence-electron chi connectivity index (χ4n) is 7.52. The van der Waals surface area contributed by atoms with Gasteiger partial charge in [-0.15, -0.1) is 13.2 Å². The van der Waals surface area contributed by atoms with Gasteiger partial charge in [-0.3, -0.25) is 19.2 Å². The molecule has 14 heteroatoms. The molecule has 1 aliphatic carbocycles. The minimum atomic E-state index is -3.40. The summed E-state index contributed by atoms with van der Waals surface area (Å²) in [4.78, 5) is 70.0. The van der Waals surface area contributed by atoms with Gasteiger partial charge in [0.1, 0.15) is 12.1 Å². The topological polar surface area (TPSA) is 174 Å². The van der Waals surface area contributed by atoms with Crippen LogP contribution in [0.5, 0.6) is 0 Å². The average Bonchev–Trinajstić information content (AvgIpc) is 3.68. The highest BCUT2D eigenvalue weighted by Gasteiger charge is 2.50. The normalized spacial score (nSPS) is 23.1. The van der Waals surface area contributed by atoms with Crippen LogP contribution in [0, 0.1) is 22.7 Å². The van der Waals surface area contributed by atoms with Gasteiger partial charge in [-0.2, -0.15) is 4.31 Å². The van der Waals surface area contributed by atoms with Crippen molar-refractivity contribution in [2.75, 3.05) is 31.9 Å². The van der Waals surface area contributed by atoms with Crippen LogP contribution in [-0.4, -0.2) is 103 Å². The van der Waals surface area contributed by atoms with Crippen LogP contribution in [0.2, 0.25) is 0 Å². The zero-order valence-corrected chi connectivity index (χ0v) is 32.4. The van der Waals surface area contributed by atoms with E-state index in [-0.39, 0.29) is 49.6 Å².